The number of rotatable bonds is 10. The van der Waals surface area contributed by atoms with Crippen LogP contribution in [-0.4, -0.2) is 40.0 Å². The van der Waals surface area contributed by atoms with E-state index in [4.69, 9.17) is 4.74 Å². The highest BCUT2D eigenvalue weighted by molar-refractivity contribution is 8.00. The van der Waals surface area contributed by atoms with Crippen molar-refractivity contribution in [3.63, 3.8) is 0 Å². The molecule has 2 atom stereocenters. The summed E-state index contributed by atoms with van der Waals surface area (Å²) in [6.45, 7) is 3.95. The number of hydrogen-bond acceptors (Lipinski definition) is 6. The van der Waals surface area contributed by atoms with E-state index in [-0.39, 0.29) is 12.5 Å². The number of aromatic nitrogens is 1. The Morgan fingerprint density at radius 1 is 1.29 bits per heavy atom. The van der Waals surface area contributed by atoms with Gasteiger partial charge >= 0.3 is 0 Å². The Morgan fingerprint density at radius 3 is 2.50 bits per heavy atom. The van der Waals surface area contributed by atoms with Crippen LogP contribution in [0.5, 0.6) is 5.75 Å². The summed E-state index contributed by atoms with van der Waals surface area (Å²) in [7, 11) is 0. The summed E-state index contributed by atoms with van der Waals surface area (Å²) in [6.07, 6.45) is 4.57. The number of nitrogens with zero attached hydrogens (tertiary/aromatic N) is 1. The number of hydrogen-bond donors (Lipinski definition) is 2. The molecule has 0 bridgehead atoms. The van der Waals surface area contributed by atoms with Gasteiger partial charge in [-0.15, -0.1) is 11.8 Å². The maximum atomic E-state index is 12.1. The van der Waals surface area contributed by atoms with Crippen LogP contribution in [0, 0.1) is 0 Å². The van der Waals surface area contributed by atoms with Gasteiger partial charge in [0, 0.05) is 6.20 Å². The zero-order chi connectivity index (χ0) is 20.6. The Hall–Kier alpha value is -2.38. The van der Waals surface area contributed by atoms with Crippen molar-refractivity contribution in [3.8, 4) is 5.75 Å². The van der Waals surface area contributed by atoms with Gasteiger partial charge in [0.15, 0.2) is 0 Å². The zero-order valence-electron chi connectivity index (χ0n) is 16.3. The Bertz CT molecular complexity index is 780. The van der Waals surface area contributed by atoms with E-state index in [1.807, 2.05) is 30.5 Å². The van der Waals surface area contributed by atoms with E-state index < -0.39 is 10.9 Å². The number of carbonyl (C=O) groups excluding carboxylic acids is 2. The minimum Gasteiger partial charge on any atom is -0.490 e. The van der Waals surface area contributed by atoms with Crippen LogP contribution in [0.1, 0.15) is 36.8 Å². The lowest BCUT2D eigenvalue weighted by Gasteiger charge is -2.25. The molecule has 2 rings (SSSR count). The molecule has 0 saturated carbocycles. The smallest absolute Gasteiger partial charge is 0.242 e. The van der Waals surface area contributed by atoms with Crippen LogP contribution >= 0.6 is 11.8 Å². The molecule has 28 heavy (non-hydrogen) atoms. The molecular formula is C21H26N2O4S. The molecule has 2 N–H and O–H groups in total. The number of ether oxygens (including phenoxy) is 1. The first-order chi connectivity index (χ1) is 13.4. The van der Waals surface area contributed by atoms with Crippen molar-refractivity contribution in [3.05, 3.63) is 59.4 Å². The Labute approximate surface area is 169 Å². The number of aliphatic hydroxyl groups excluding tert-OH is 1. The molecule has 2 aromatic rings. The average Bonchev–Trinajstić information content (AvgIpc) is 2.73. The molecule has 6 nitrogen and oxygen atoms in total. The fourth-order valence-corrected chi connectivity index (χ4v) is 3.20. The van der Waals surface area contributed by atoms with Crippen molar-refractivity contribution in [2.45, 2.75) is 37.5 Å². The second kappa shape index (κ2) is 10.2. The summed E-state index contributed by atoms with van der Waals surface area (Å²) in [6, 6.07) is 11.1. The molecule has 150 valence electrons. The number of nitrogens with one attached hydrogen (secondary N) is 1. The third-order valence-corrected chi connectivity index (χ3v) is 5.82. The van der Waals surface area contributed by atoms with Crippen LogP contribution in [-0.2, 0) is 22.4 Å². The molecule has 0 saturated heterocycles. The van der Waals surface area contributed by atoms with Gasteiger partial charge in [0.1, 0.15) is 18.5 Å². The van der Waals surface area contributed by atoms with Gasteiger partial charge in [0.25, 0.3) is 0 Å². The van der Waals surface area contributed by atoms with Gasteiger partial charge in [-0.25, -0.2) is 0 Å². The van der Waals surface area contributed by atoms with E-state index in [0.717, 1.165) is 17.5 Å². The van der Waals surface area contributed by atoms with Crippen molar-refractivity contribution in [2.24, 2.45) is 0 Å². The third-order valence-electron chi connectivity index (χ3n) is 4.59. The predicted molar refractivity (Wildman–Crippen MR) is 110 cm³/mol. The summed E-state index contributed by atoms with van der Waals surface area (Å²) < 4.78 is 4.92. The van der Waals surface area contributed by atoms with E-state index in [0.29, 0.717) is 24.3 Å². The molecule has 0 spiro atoms. The number of benzene rings is 1. The van der Waals surface area contributed by atoms with Crippen LogP contribution < -0.4 is 10.1 Å². The summed E-state index contributed by atoms with van der Waals surface area (Å²) in [5.74, 6) is 0.302. The van der Waals surface area contributed by atoms with E-state index >= 15 is 0 Å². The SMILES string of the molecule is CCc1ccc(C(O)COc2ccc(CC(C)(SC)C(=O)NC=O)cc2)nc1. The summed E-state index contributed by atoms with van der Waals surface area (Å²) in [5, 5.41) is 12.5. The molecule has 1 heterocycles. The molecule has 7 heteroatoms. The number of carbonyl (C=O) groups is 2. The lowest BCUT2D eigenvalue weighted by atomic mass is 9.99. The van der Waals surface area contributed by atoms with Gasteiger partial charge in [0.05, 0.1) is 10.4 Å². The Morgan fingerprint density at radius 2 is 1.96 bits per heavy atom. The van der Waals surface area contributed by atoms with Crippen LogP contribution in [0.25, 0.3) is 0 Å². The molecule has 0 aliphatic rings. The first kappa shape index (κ1) is 21.9. The van der Waals surface area contributed by atoms with Gasteiger partial charge in [-0.3, -0.25) is 19.9 Å². The maximum Gasteiger partial charge on any atom is 0.242 e. The van der Waals surface area contributed by atoms with Gasteiger partial charge in [-0.1, -0.05) is 25.1 Å². The highest BCUT2D eigenvalue weighted by Gasteiger charge is 2.32. The van der Waals surface area contributed by atoms with E-state index in [2.05, 4.69) is 17.2 Å². The highest BCUT2D eigenvalue weighted by atomic mass is 32.2. The fraction of sp³-hybridized carbons (Fsp3) is 0.381. The van der Waals surface area contributed by atoms with Gasteiger partial charge < -0.3 is 9.84 Å². The van der Waals surface area contributed by atoms with Crippen molar-refractivity contribution in [1.82, 2.24) is 10.3 Å². The van der Waals surface area contributed by atoms with Crippen LogP contribution in [0.4, 0.5) is 0 Å². The number of amides is 2. The summed E-state index contributed by atoms with van der Waals surface area (Å²) >= 11 is 1.39. The number of thioether (sulfide) groups is 1. The van der Waals surface area contributed by atoms with E-state index in [1.54, 1.807) is 25.3 Å². The molecule has 0 aliphatic heterocycles. The highest BCUT2D eigenvalue weighted by Crippen LogP contribution is 2.28. The molecule has 2 amide bonds. The standard InChI is InChI=1S/C21H26N2O4S/c1-4-15-7-10-18(22-12-15)19(25)13-27-17-8-5-16(6-9-17)11-21(2,28-3)20(26)23-14-24/h5-10,12,14,19,25H,4,11,13H2,1-3H3,(H,23,24,26). The van der Waals surface area contributed by atoms with Crippen molar-refractivity contribution in [2.75, 3.05) is 12.9 Å². The second-order valence-corrected chi connectivity index (χ2v) is 7.93. The fourth-order valence-electron chi connectivity index (χ4n) is 2.65. The maximum absolute atomic E-state index is 12.1. The topological polar surface area (TPSA) is 88.5 Å². The summed E-state index contributed by atoms with van der Waals surface area (Å²) in [4.78, 5) is 26.9. The third kappa shape index (κ3) is 5.81. The molecule has 0 fully saturated rings. The monoisotopic (exact) mass is 402 g/mol. The molecule has 1 aromatic heterocycles. The zero-order valence-corrected chi connectivity index (χ0v) is 17.2. The molecule has 2 unspecified atom stereocenters. The Kier molecular flexibility index (Phi) is 8.02. The first-order valence-electron chi connectivity index (χ1n) is 9.06. The summed E-state index contributed by atoms with van der Waals surface area (Å²) in [5.41, 5.74) is 2.64. The predicted octanol–water partition coefficient (Wildman–Crippen LogP) is 2.69. The van der Waals surface area contributed by atoms with Crippen molar-refractivity contribution >= 4 is 24.1 Å². The van der Waals surface area contributed by atoms with E-state index in [9.17, 15) is 14.7 Å². The lowest BCUT2D eigenvalue weighted by Crippen LogP contribution is -2.42. The van der Waals surface area contributed by atoms with Gasteiger partial charge in [-0.05, 0) is 55.3 Å². The number of imide groups is 1. The molecular weight excluding hydrogens is 376 g/mol. The average molecular weight is 403 g/mol. The van der Waals surface area contributed by atoms with Gasteiger partial charge in [-0.2, -0.15) is 0 Å². The Balaban J connectivity index is 1.94. The normalized spacial score (nSPS) is 14.0. The van der Waals surface area contributed by atoms with Crippen LogP contribution in [0.15, 0.2) is 42.6 Å². The van der Waals surface area contributed by atoms with Crippen LogP contribution in [0.2, 0.25) is 0 Å². The van der Waals surface area contributed by atoms with E-state index in [1.165, 1.54) is 11.8 Å². The minimum atomic E-state index is -0.808. The van der Waals surface area contributed by atoms with Crippen molar-refractivity contribution in [1.29, 1.82) is 0 Å². The van der Waals surface area contributed by atoms with Crippen molar-refractivity contribution < 1.29 is 19.4 Å². The number of aryl methyl sites for hydroxylation is 1. The molecule has 0 aliphatic carbocycles. The quantitative estimate of drug-likeness (QED) is 0.594. The number of aliphatic hydroxyl groups is 1. The van der Waals surface area contributed by atoms with Gasteiger partial charge in [0.2, 0.25) is 12.3 Å². The van der Waals surface area contributed by atoms with Crippen LogP contribution in [0.3, 0.4) is 0 Å². The molecule has 0 radical (unpaired) electrons. The largest absolute Gasteiger partial charge is 0.490 e. The molecule has 1 aromatic carbocycles. The first-order valence-corrected chi connectivity index (χ1v) is 10.3. The number of pyridine rings is 1. The minimum absolute atomic E-state index is 0.0993. The lowest BCUT2D eigenvalue weighted by molar-refractivity contribution is -0.126. The second-order valence-electron chi connectivity index (χ2n) is 6.62.